The van der Waals surface area contributed by atoms with Crippen molar-refractivity contribution in [3.63, 3.8) is 0 Å². The molecule has 0 heterocycles. The molecule has 1 rings (SSSR count). The molecule has 0 radical (unpaired) electrons. The number of nitrogens with two attached hydrogens (primary N) is 1. The predicted octanol–water partition coefficient (Wildman–Crippen LogP) is 1.61. The zero-order valence-electron chi connectivity index (χ0n) is 10.5. The minimum absolute atomic E-state index is 0.130. The minimum Gasteiger partial charge on any atom is -0.398 e. The Labute approximate surface area is 120 Å². The smallest absolute Gasteiger partial charge is 0.243 e. The van der Waals surface area contributed by atoms with Gasteiger partial charge in [0.2, 0.25) is 10.0 Å². The van der Waals surface area contributed by atoms with Crippen molar-refractivity contribution in [1.82, 2.24) is 4.72 Å². The lowest BCUT2D eigenvalue weighted by molar-refractivity contribution is 0.175. The molecule has 8 heteroatoms. The number of halogens is 2. The van der Waals surface area contributed by atoms with Gasteiger partial charge in [-0.1, -0.05) is 0 Å². The van der Waals surface area contributed by atoms with E-state index in [0.717, 1.165) is 12.1 Å². The highest BCUT2D eigenvalue weighted by Gasteiger charge is 2.23. The first-order chi connectivity index (χ1) is 8.63. The molecule has 1 aromatic carbocycles. The Bertz CT molecular complexity index is 563. The fourth-order valence-electron chi connectivity index (χ4n) is 1.64. The highest BCUT2D eigenvalue weighted by atomic mass is 79.9. The van der Waals surface area contributed by atoms with Crippen molar-refractivity contribution in [3.8, 4) is 0 Å². The maximum Gasteiger partial charge on any atom is 0.243 e. The van der Waals surface area contributed by atoms with E-state index in [2.05, 4.69) is 20.7 Å². The van der Waals surface area contributed by atoms with Gasteiger partial charge >= 0.3 is 0 Å². The van der Waals surface area contributed by atoms with Crippen molar-refractivity contribution in [2.45, 2.75) is 37.3 Å². The minimum atomic E-state index is -4.01. The summed E-state index contributed by atoms with van der Waals surface area (Å²) in [5, 5.41) is 9.19. The maximum absolute atomic E-state index is 13.7. The second kappa shape index (κ2) is 6.17. The van der Waals surface area contributed by atoms with Crippen LogP contribution in [0.15, 0.2) is 21.5 Å². The molecule has 0 saturated heterocycles. The van der Waals surface area contributed by atoms with Crippen molar-refractivity contribution in [1.29, 1.82) is 0 Å². The Morgan fingerprint density at radius 2 is 2.05 bits per heavy atom. The number of aliphatic hydroxyl groups excluding tert-OH is 1. The maximum atomic E-state index is 13.7. The van der Waals surface area contributed by atoms with Crippen LogP contribution in [0.2, 0.25) is 0 Å². The molecule has 4 N–H and O–H groups in total. The van der Waals surface area contributed by atoms with Gasteiger partial charge in [-0.2, -0.15) is 0 Å². The number of anilines is 1. The van der Waals surface area contributed by atoms with Gasteiger partial charge in [0.05, 0.1) is 6.10 Å². The average Bonchev–Trinajstić information content (AvgIpc) is 2.20. The molecular formula is C11H16BrFN2O3S. The quantitative estimate of drug-likeness (QED) is 0.700. The van der Waals surface area contributed by atoms with Gasteiger partial charge in [-0.25, -0.2) is 17.5 Å². The van der Waals surface area contributed by atoms with E-state index in [1.54, 1.807) is 13.8 Å². The van der Waals surface area contributed by atoms with Gasteiger partial charge < -0.3 is 10.8 Å². The number of hydrogen-bond acceptors (Lipinski definition) is 4. The SMILES string of the molecule is CC(O)CC(C)NS(=O)(=O)c1cc(N)c(Br)cc1F. The van der Waals surface area contributed by atoms with Crippen molar-refractivity contribution in [2.75, 3.05) is 5.73 Å². The van der Waals surface area contributed by atoms with Crippen LogP contribution >= 0.6 is 15.9 Å². The monoisotopic (exact) mass is 354 g/mol. The Kier molecular flexibility index (Phi) is 5.31. The second-order valence-corrected chi connectivity index (χ2v) is 6.95. The first-order valence-corrected chi connectivity index (χ1v) is 7.86. The number of sulfonamides is 1. The van der Waals surface area contributed by atoms with Gasteiger partial charge in [-0.05, 0) is 48.3 Å². The number of hydrogen-bond donors (Lipinski definition) is 3. The number of rotatable bonds is 5. The van der Waals surface area contributed by atoms with Crippen LogP contribution in [0, 0.1) is 5.82 Å². The van der Waals surface area contributed by atoms with Crippen LogP contribution in [0.4, 0.5) is 10.1 Å². The van der Waals surface area contributed by atoms with Crippen molar-refractivity contribution in [3.05, 3.63) is 22.4 Å². The van der Waals surface area contributed by atoms with E-state index in [4.69, 9.17) is 5.73 Å². The summed E-state index contributed by atoms with van der Waals surface area (Å²) in [6.07, 6.45) is -0.426. The number of nitrogen functional groups attached to an aromatic ring is 1. The van der Waals surface area contributed by atoms with E-state index >= 15 is 0 Å². The summed E-state index contributed by atoms with van der Waals surface area (Å²) in [5.74, 6) is -0.891. The molecule has 0 aliphatic rings. The summed E-state index contributed by atoms with van der Waals surface area (Å²) >= 11 is 3.02. The molecule has 0 amide bonds. The highest BCUT2D eigenvalue weighted by Crippen LogP contribution is 2.26. The van der Waals surface area contributed by atoms with Crippen LogP contribution in [0.1, 0.15) is 20.3 Å². The van der Waals surface area contributed by atoms with Crippen LogP contribution in [0.25, 0.3) is 0 Å². The van der Waals surface area contributed by atoms with E-state index in [1.807, 2.05) is 0 Å². The molecule has 0 fully saturated rings. The Morgan fingerprint density at radius 3 is 2.58 bits per heavy atom. The lowest BCUT2D eigenvalue weighted by Crippen LogP contribution is -2.35. The van der Waals surface area contributed by atoms with E-state index < -0.39 is 32.9 Å². The van der Waals surface area contributed by atoms with Crippen LogP contribution in [0.5, 0.6) is 0 Å². The van der Waals surface area contributed by atoms with E-state index in [9.17, 15) is 17.9 Å². The Balaban J connectivity index is 3.04. The highest BCUT2D eigenvalue weighted by molar-refractivity contribution is 9.10. The average molecular weight is 355 g/mol. The molecule has 2 unspecified atom stereocenters. The third kappa shape index (κ3) is 4.41. The summed E-state index contributed by atoms with van der Waals surface area (Å²) in [6, 6.07) is 1.54. The molecule has 0 saturated carbocycles. The van der Waals surface area contributed by atoms with Crippen LogP contribution in [-0.4, -0.2) is 25.7 Å². The van der Waals surface area contributed by atoms with Crippen LogP contribution in [0.3, 0.4) is 0 Å². The Morgan fingerprint density at radius 1 is 1.47 bits per heavy atom. The van der Waals surface area contributed by atoms with Gasteiger partial charge in [0, 0.05) is 16.2 Å². The molecule has 0 spiro atoms. The topological polar surface area (TPSA) is 92.4 Å². The standard InChI is InChI=1S/C11H16BrFN2O3S/c1-6(3-7(2)16)15-19(17,18)11-5-10(14)8(12)4-9(11)13/h4-7,15-16H,3,14H2,1-2H3. The van der Waals surface area contributed by atoms with Crippen LogP contribution < -0.4 is 10.5 Å². The summed E-state index contributed by atoms with van der Waals surface area (Å²) in [7, 11) is -4.01. The fraction of sp³-hybridized carbons (Fsp3) is 0.455. The van der Waals surface area contributed by atoms with Gasteiger partial charge in [-0.3, -0.25) is 0 Å². The second-order valence-electron chi connectivity index (χ2n) is 4.41. The van der Waals surface area contributed by atoms with E-state index in [-0.39, 0.29) is 12.1 Å². The number of aliphatic hydroxyl groups is 1. The van der Waals surface area contributed by atoms with Crippen molar-refractivity contribution < 1.29 is 17.9 Å². The van der Waals surface area contributed by atoms with Crippen LogP contribution in [-0.2, 0) is 10.0 Å². The van der Waals surface area contributed by atoms with Gasteiger partial charge in [-0.15, -0.1) is 0 Å². The van der Waals surface area contributed by atoms with Gasteiger partial charge in [0.1, 0.15) is 10.7 Å². The lowest BCUT2D eigenvalue weighted by Gasteiger charge is -2.16. The molecule has 0 bridgehead atoms. The zero-order valence-corrected chi connectivity index (χ0v) is 12.9. The van der Waals surface area contributed by atoms with E-state index in [1.165, 1.54) is 0 Å². The fourth-order valence-corrected chi connectivity index (χ4v) is 3.31. The predicted molar refractivity (Wildman–Crippen MR) is 74.6 cm³/mol. The van der Waals surface area contributed by atoms with Crippen molar-refractivity contribution in [2.24, 2.45) is 0 Å². The Hall–Kier alpha value is -0.700. The van der Waals surface area contributed by atoms with Crippen molar-refractivity contribution >= 4 is 31.6 Å². The lowest BCUT2D eigenvalue weighted by atomic mass is 10.2. The summed E-state index contributed by atoms with van der Waals surface area (Å²) < 4.78 is 40.3. The molecule has 0 aliphatic heterocycles. The van der Waals surface area contributed by atoms with Gasteiger partial charge in [0.25, 0.3) is 0 Å². The zero-order chi connectivity index (χ0) is 14.8. The third-order valence-corrected chi connectivity index (χ3v) is 4.68. The molecule has 0 aliphatic carbocycles. The first-order valence-electron chi connectivity index (χ1n) is 5.58. The summed E-state index contributed by atoms with van der Waals surface area (Å²) in [4.78, 5) is -0.509. The molecule has 1 aromatic rings. The number of benzene rings is 1. The van der Waals surface area contributed by atoms with Gasteiger partial charge in [0.15, 0.2) is 0 Å². The molecule has 5 nitrogen and oxygen atoms in total. The van der Waals surface area contributed by atoms with E-state index in [0.29, 0.717) is 4.47 Å². The summed E-state index contributed by atoms with van der Waals surface area (Å²) in [6.45, 7) is 3.13. The number of nitrogens with one attached hydrogen (secondary N) is 1. The largest absolute Gasteiger partial charge is 0.398 e. The third-order valence-electron chi connectivity index (χ3n) is 2.39. The molecule has 2 atom stereocenters. The molecular weight excluding hydrogens is 339 g/mol. The molecule has 0 aromatic heterocycles. The summed E-state index contributed by atoms with van der Waals surface area (Å²) in [5.41, 5.74) is 5.68. The molecule has 19 heavy (non-hydrogen) atoms. The molecule has 108 valence electrons. The first kappa shape index (κ1) is 16.4. The normalized spacial score (nSPS) is 15.2.